The number of ether oxygens (including phenoxy) is 2. The minimum atomic E-state index is -0.0931. The van der Waals surface area contributed by atoms with Crippen molar-refractivity contribution in [2.75, 3.05) is 32.6 Å². The maximum Gasteiger partial charge on any atom is 0.238 e. The molecule has 1 heterocycles. The second-order valence-electron chi connectivity index (χ2n) is 6.48. The molecular formula is C21H23N3O3. The number of benzene rings is 2. The van der Waals surface area contributed by atoms with Gasteiger partial charge in [-0.1, -0.05) is 12.1 Å². The van der Waals surface area contributed by atoms with Crippen LogP contribution >= 0.6 is 0 Å². The van der Waals surface area contributed by atoms with Crippen LogP contribution in [0.5, 0.6) is 11.5 Å². The number of nitrogens with zero attached hydrogens (tertiary/aromatic N) is 2. The Kier molecular flexibility index (Phi) is 5.94. The first-order valence-corrected chi connectivity index (χ1v) is 8.90. The Hall–Kier alpha value is -3.04. The molecule has 0 aromatic heterocycles. The third-order valence-corrected chi connectivity index (χ3v) is 4.79. The van der Waals surface area contributed by atoms with Crippen molar-refractivity contribution in [2.24, 2.45) is 0 Å². The molecule has 0 radical (unpaired) electrons. The average molecular weight is 365 g/mol. The summed E-state index contributed by atoms with van der Waals surface area (Å²) in [6.45, 7) is 1.14. The Balaban J connectivity index is 1.71. The summed E-state index contributed by atoms with van der Waals surface area (Å²) < 4.78 is 10.8. The van der Waals surface area contributed by atoms with Crippen molar-refractivity contribution in [3.05, 3.63) is 53.6 Å². The summed E-state index contributed by atoms with van der Waals surface area (Å²) >= 11 is 0. The van der Waals surface area contributed by atoms with Gasteiger partial charge < -0.3 is 14.8 Å². The van der Waals surface area contributed by atoms with Crippen molar-refractivity contribution in [2.45, 2.75) is 18.9 Å². The lowest BCUT2D eigenvalue weighted by atomic mass is 10.0. The van der Waals surface area contributed by atoms with Gasteiger partial charge in [-0.05, 0) is 43.7 Å². The molecule has 1 N–H and O–H groups in total. The maximum absolute atomic E-state index is 12.5. The second-order valence-corrected chi connectivity index (χ2v) is 6.48. The fourth-order valence-corrected chi connectivity index (χ4v) is 3.51. The molecule has 1 atom stereocenters. The van der Waals surface area contributed by atoms with E-state index in [1.165, 1.54) is 0 Å². The Morgan fingerprint density at radius 1 is 1.26 bits per heavy atom. The summed E-state index contributed by atoms with van der Waals surface area (Å²) in [6, 6.07) is 14.9. The average Bonchev–Trinajstić information content (AvgIpc) is 3.15. The van der Waals surface area contributed by atoms with Crippen LogP contribution in [-0.2, 0) is 4.79 Å². The quantitative estimate of drug-likeness (QED) is 0.850. The van der Waals surface area contributed by atoms with Gasteiger partial charge in [0.25, 0.3) is 0 Å². The number of likely N-dealkylation sites (tertiary alicyclic amines) is 1. The second kappa shape index (κ2) is 8.56. The number of carbonyl (C=O) groups excluding carboxylic acids is 1. The predicted molar refractivity (Wildman–Crippen MR) is 103 cm³/mol. The maximum atomic E-state index is 12.5. The number of rotatable bonds is 6. The lowest BCUT2D eigenvalue weighted by Gasteiger charge is -2.25. The zero-order valence-electron chi connectivity index (χ0n) is 15.6. The number of hydrogen-bond acceptors (Lipinski definition) is 5. The van der Waals surface area contributed by atoms with Crippen LogP contribution < -0.4 is 14.8 Å². The van der Waals surface area contributed by atoms with E-state index >= 15 is 0 Å². The Bertz CT molecular complexity index is 860. The minimum absolute atomic E-state index is 0.0931. The highest BCUT2D eigenvalue weighted by Gasteiger charge is 2.29. The molecule has 2 aromatic carbocycles. The van der Waals surface area contributed by atoms with E-state index in [0.29, 0.717) is 11.3 Å². The predicted octanol–water partition coefficient (Wildman–Crippen LogP) is 3.35. The molecule has 27 heavy (non-hydrogen) atoms. The molecule has 0 aliphatic carbocycles. The van der Waals surface area contributed by atoms with Gasteiger partial charge in [0.05, 0.1) is 32.4 Å². The van der Waals surface area contributed by atoms with E-state index in [1.54, 1.807) is 38.5 Å². The first-order valence-electron chi connectivity index (χ1n) is 8.90. The molecule has 1 saturated heterocycles. The monoisotopic (exact) mass is 365 g/mol. The van der Waals surface area contributed by atoms with Gasteiger partial charge in [-0.3, -0.25) is 9.69 Å². The van der Waals surface area contributed by atoms with E-state index in [4.69, 9.17) is 14.7 Å². The van der Waals surface area contributed by atoms with Gasteiger partial charge in [-0.2, -0.15) is 5.26 Å². The highest BCUT2D eigenvalue weighted by Crippen LogP contribution is 2.38. The van der Waals surface area contributed by atoms with Gasteiger partial charge in [-0.15, -0.1) is 0 Å². The molecule has 0 bridgehead atoms. The van der Waals surface area contributed by atoms with Gasteiger partial charge in [-0.25, -0.2) is 0 Å². The molecule has 1 amide bonds. The van der Waals surface area contributed by atoms with Crippen molar-refractivity contribution < 1.29 is 14.3 Å². The zero-order chi connectivity index (χ0) is 19.2. The number of anilines is 1. The number of nitrogens with one attached hydrogen (secondary N) is 1. The van der Waals surface area contributed by atoms with E-state index in [1.807, 2.05) is 18.2 Å². The smallest absolute Gasteiger partial charge is 0.238 e. The fourth-order valence-electron chi connectivity index (χ4n) is 3.51. The van der Waals surface area contributed by atoms with E-state index in [2.05, 4.69) is 16.3 Å². The van der Waals surface area contributed by atoms with Crippen LogP contribution in [0.4, 0.5) is 5.69 Å². The number of amides is 1. The molecule has 140 valence electrons. The Morgan fingerprint density at radius 3 is 2.85 bits per heavy atom. The van der Waals surface area contributed by atoms with Crippen LogP contribution in [-0.4, -0.2) is 38.1 Å². The molecule has 1 aliphatic rings. The minimum Gasteiger partial charge on any atom is -0.497 e. The van der Waals surface area contributed by atoms with Crippen LogP contribution in [0.25, 0.3) is 0 Å². The van der Waals surface area contributed by atoms with Crippen LogP contribution in [0.3, 0.4) is 0 Å². The molecule has 1 fully saturated rings. The molecule has 0 unspecified atom stereocenters. The van der Waals surface area contributed by atoms with E-state index in [-0.39, 0.29) is 18.5 Å². The largest absolute Gasteiger partial charge is 0.497 e. The summed E-state index contributed by atoms with van der Waals surface area (Å²) in [7, 11) is 3.27. The molecule has 2 aromatic rings. The van der Waals surface area contributed by atoms with Crippen molar-refractivity contribution in [1.82, 2.24) is 4.90 Å². The molecule has 6 nitrogen and oxygen atoms in total. The lowest BCUT2D eigenvalue weighted by molar-refractivity contribution is -0.117. The summed E-state index contributed by atoms with van der Waals surface area (Å²) in [4.78, 5) is 14.7. The Labute approximate surface area is 159 Å². The normalized spacial score (nSPS) is 16.6. The van der Waals surface area contributed by atoms with Gasteiger partial charge in [0, 0.05) is 23.4 Å². The Morgan fingerprint density at radius 2 is 2.11 bits per heavy atom. The third kappa shape index (κ3) is 4.39. The van der Waals surface area contributed by atoms with Gasteiger partial charge in [0.2, 0.25) is 5.91 Å². The number of carbonyl (C=O) groups is 1. The van der Waals surface area contributed by atoms with Gasteiger partial charge >= 0.3 is 0 Å². The van der Waals surface area contributed by atoms with E-state index in [9.17, 15) is 4.79 Å². The molecule has 6 heteroatoms. The van der Waals surface area contributed by atoms with E-state index in [0.717, 1.165) is 36.4 Å². The van der Waals surface area contributed by atoms with Crippen molar-refractivity contribution in [1.29, 1.82) is 5.26 Å². The zero-order valence-corrected chi connectivity index (χ0v) is 15.6. The lowest BCUT2D eigenvalue weighted by Crippen LogP contribution is -2.33. The van der Waals surface area contributed by atoms with Crippen LogP contribution in [0.15, 0.2) is 42.5 Å². The van der Waals surface area contributed by atoms with Crippen molar-refractivity contribution in [3.8, 4) is 17.6 Å². The van der Waals surface area contributed by atoms with Gasteiger partial charge in [0.15, 0.2) is 0 Å². The summed E-state index contributed by atoms with van der Waals surface area (Å²) in [5.74, 6) is 1.42. The molecular weight excluding hydrogens is 342 g/mol. The highest BCUT2D eigenvalue weighted by molar-refractivity contribution is 5.92. The first-order chi connectivity index (χ1) is 13.1. The summed E-state index contributed by atoms with van der Waals surface area (Å²) in [5, 5.41) is 11.9. The van der Waals surface area contributed by atoms with Crippen LogP contribution in [0.1, 0.15) is 30.0 Å². The molecule has 3 rings (SSSR count). The SMILES string of the molecule is COc1ccc([C@H]2CCCN2CC(=O)Nc2cccc(C#N)c2)c(OC)c1. The number of methoxy groups -OCH3 is 2. The molecule has 1 aliphatic heterocycles. The summed E-state index contributed by atoms with van der Waals surface area (Å²) in [6.07, 6.45) is 2.00. The third-order valence-electron chi connectivity index (χ3n) is 4.79. The standard InChI is InChI=1S/C21H23N3O3/c1-26-17-8-9-18(20(12-17)27-2)19-7-4-10-24(19)14-21(25)23-16-6-3-5-15(11-16)13-22/h3,5-6,8-9,11-12,19H,4,7,10,14H2,1-2H3,(H,23,25)/t19-/m1/s1. The molecule has 0 spiro atoms. The number of nitriles is 1. The van der Waals surface area contributed by atoms with E-state index < -0.39 is 0 Å². The van der Waals surface area contributed by atoms with Crippen LogP contribution in [0.2, 0.25) is 0 Å². The summed E-state index contributed by atoms with van der Waals surface area (Å²) in [5.41, 5.74) is 2.22. The number of hydrogen-bond donors (Lipinski definition) is 1. The highest BCUT2D eigenvalue weighted by atomic mass is 16.5. The topological polar surface area (TPSA) is 74.6 Å². The fraction of sp³-hybridized carbons (Fsp3) is 0.333. The van der Waals surface area contributed by atoms with Crippen molar-refractivity contribution in [3.63, 3.8) is 0 Å². The molecule has 0 saturated carbocycles. The van der Waals surface area contributed by atoms with Crippen molar-refractivity contribution >= 4 is 11.6 Å². The van der Waals surface area contributed by atoms with Gasteiger partial charge in [0.1, 0.15) is 11.5 Å². The van der Waals surface area contributed by atoms with Crippen LogP contribution in [0, 0.1) is 11.3 Å². The first kappa shape index (κ1) is 18.7.